The minimum Gasteiger partial charge on any atom is -0.471 e. The summed E-state index contributed by atoms with van der Waals surface area (Å²) in [6.45, 7) is 0.112. The van der Waals surface area contributed by atoms with Crippen LogP contribution >= 0.6 is 0 Å². The Balaban J connectivity index is 1.39. The summed E-state index contributed by atoms with van der Waals surface area (Å²) >= 11 is 0. The molecule has 11 heteroatoms. The minimum atomic E-state index is -1.49. The Bertz CT molecular complexity index is 1120. The number of hydrogen-bond donors (Lipinski definition) is 2. The first-order chi connectivity index (χ1) is 15.9. The summed E-state index contributed by atoms with van der Waals surface area (Å²) in [7, 11) is 0. The largest absolute Gasteiger partial charge is 0.471 e. The zero-order valence-electron chi connectivity index (χ0n) is 17.4. The molecular formula is C22H21F2N5O4. The average molecular weight is 457 g/mol. The van der Waals surface area contributed by atoms with E-state index in [0.717, 1.165) is 0 Å². The van der Waals surface area contributed by atoms with Gasteiger partial charge in [0.25, 0.3) is 5.91 Å². The van der Waals surface area contributed by atoms with E-state index in [1.54, 1.807) is 18.3 Å². The zero-order valence-corrected chi connectivity index (χ0v) is 17.4. The number of imidazole rings is 1. The minimum absolute atomic E-state index is 0.0218. The van der Waals surface area contributed by atoms with Gasteiger partial charge in [0.15, 0.2) is 11.9 Å². The lowest BCUT2D eigenvalue weighted by molar-refractivity contribution is -0.134. The number of piperidine rings is 1. The first-order valence-corrected chi connectivity index (χ1v) is 10.2. The van der Waals surface area contributed by atoms with Gasteiger partial charge < -0.3 is 20.4 Å². The highest BCUT2D eigenvalue weighted by Gasteiger charge is 2.34. The molecule has 0 radical (unpaired) electrons. The first kappa shape index (κ1) is 22.2. The number of hydrogen-bond acceptors (Lipinski definition) is 6. The number of halogens is 2. The van der Waals surface area contributed by atoms with Crippen LogP contribution in [0.3, 0.4) is 0 Å². The molecule has 2 aromatic heterocycles. The fraction of sp³-hybridized carbons (Fsp3) is 0.273. The van der Waals surface area contributed by atoms with Gasteiger partial charge in [0.05, 0.1) is 31.2 Å². The van der Waals surface area contributed by atoms with Crippen molar-refractivity contribution in [3.05, 3.63) is 60.2 Å². The Morgan fingerprint density at radius 1 is 1.24 bits per heavy atom. The third-order valence-corrected chi connectivity index (χ3v) is 5.39. The van der Waals surface area contributed by atoms with E-state index >= 15 is 0 Å². The highest BCUT2D eigenvalue weighted by Crippen LogP contribution is 2.26. The summed E-state index contributed by atoms with van der Waals surface area (Å²) in [4.78, 5) is 40.5. The topological polar surface area (TPSA) is 123 Å². The number of nitrogens with one attached hydrogen (secondary N) is 1. The van der Waals surface area contributed by atoms with Crippen molar-refractivity contribution in [3.63, 3.8) is 0 Å². The van der Waals surface area contributed by atoms with Gasteiger partial charge in [-0.3, -0.25) is 14.5 Å². The van der Waals surface area contributed by atoms with E-state index in [9.17, 15) is 18.5 Å². The highest BCUT2D eigenvalue weighted by molar-refractivity contribution is 5.96. The van der Waals surface area contributed by atoms with Gasteiger partial charge in [-0.15, -0.1) is 0 Å². The number of benzene rings is 1. The summed E-state index contributed by atoms with van der Waals surface area (Å²) in [6.07, 6.45) is 2.41. The number of carbonyl (C=O) groups is 2. The SMILES string of the molecule is NC(=O)c1cc(-c2cnc[nH]2)cnc1O[C@H]1CCN(C(=O)Cc2ccc(OF)cc2)CC1F. The highest BCUT2D eigenvalue weighted by atomic mass is 19.3. The lowest BCUT2D eigenvalue weighted by atomic mass is 10.0. The van der Waals surface area contributed by atoms with E-state index in [4.69, 9.17) is 10.5 Å². The lowest BCUT2D eigenvalue weighted by Gasteiger charge is -2.34. The van der Waals surface area contributed by atoms with E-state index in [2.05, 4.69) is 19.9 Å². The molecule has 4 rings (SSSR count). The van der Waals surface area contributed by atoms with E-state index in [0.29, 0.717) is 16.8 Å². The van der Waals surface area contributed by atoms with Crippen LogP contribution in [-0.4, -0.2) is 57.0 Å². The Hall–Kier alpha value is -4.02. The predicted molar refractivity (Wildman–Crippen MR) is 113 cm³/mol. The molecule has 172 valence electrons. The first-order valence-electron chi connectivity index (χ1n) is 10.2. The number of likely N-dealkylation sites (tertiary alicyclic amines) is 1. The maximum atomic E-state index is 14.9. The summed E-state index contributed by atoms with van der Waals surface area (Å²) in [5, 5.41) is 0. The predicted octanol–water partition coefficient (Wildman–Crippen LogP) is 2.39. The Morgan fingerprint density at radius 2 is 2.03 bits per heavy atom. The van der Waals surface area contributed by atoms with Crippen LogP contribution in [0.25, 0.3) is 11.3 Å². The monoisotopic (exact) mass is 457 g/mol. The number of amides is 2. The second-order valence-electron chi connectivity index (χ2n) is 7.60. The van der Waals surface area contributed by atoms with Gasteiger partial charge in [-0.05, 0) is 23.8 Å². The molecule has 0 bridgehead atoms. The van der Waals surface area contributed by atoms with Crippen LogP contribution in [0.15, 0.2) is 49.1 Å². The van der Waals surface area contributed by atoms with E-state index in [1.807, 2.05) is 0 Å². The number of H-pyrrole nitrogens is 1. The van der Waals surface area contributed by atoms with Crippen LogP contribution in [0.1, 0.15) is 22.3 Å². The number of alkyl halides is 1. The molecular weight excluding hydrogens is 436 g/mol. The Labute approximate surface area is 187 Å². The number of aromatic nitrogens is 3. The maximum Gasteiger partial charge on any atom is 0.254 e. The molecule has 1 fully saturated rings. The van der Waals surface area contributed by atoms with Crippen LogP contribution in [0.5, 0.6) is 11.6 Å². The van der Waals surface area contributed by atoms with Gasteiger partial charge in [0, 0.05) is 29.3 Å². The summed E-state index contributed by atoms with van der Waals surface area (Å²) < 4.78 is 32.7. The van der Waals surface area contributed by atoms with Crippen molar-refractivity contribution in [1.82, 2.24) is 19.9 Å². The van der Waals surface area contributed by atoms with Gasteiger partial charge in [-0.25, -0.2) is 14.4 Å². The van der Waals surface area contributed by atoms with Crippen molar-refractivity contribution in [3.8, 4) is 22.9 Å². The van der Waals surface area contributed by atoms with E-state index in [1.165, 1.54) is 35.6 Å². The Kier molecular flexibility index (Phi) is 6.48. The third-order valence-electron chi connectivity index (χ3n) is 5.39. The number of carbonyl (C=O) groups excluding carboxylic acids is 2. The molecule has 9 nitrogen and oxygen atoms in total. The molecule has 1 aliphatic heterocycles. The number of nitrogens with two attached hydrogens (primary N) is 1. The number of ether oxygens (including phenoxy) is 1. The molecule has 1 aromatic carbocycles. The molecule has 3 aromatic rings. The van der Waals surface area contributed by atoms with Crippen molar-refractivity contribution in [2.75, 3.05) is 13.1 Å². The molecule has 3 N–H and O–H groups in total. The number of pyridine rings is 1. The molecule has 1 saturated heterocycles. The van der Waals surface area contributed by atoms with Gasteiger partial charge in [-0.1, -0.05) is 12.1 Å². The van der Waals surface area contributed by atoms with Crippen molar-refractivity contribution < 1.29 is 28.2 Å². The van der Waals surface area contributed by atoms with Crippen LogP contribution in [0.4, 0.5) is 8.92 Å². The third kappa shape index (κ3) is 5.08. The number of aromatic amines is 1. The van der Waals surface area contributed by atoms with Gasteiger partial charge >= 0.3 is 0 Å². The van der Waals surface area contributed by atoms with Gasteiger partial charge in [0.2, 0.25) is 11.8 Å². The molecule has 33 heavy (non-hydrogen) atoms. The standard InChI is InChI=1S/C22H21F2N5O4/c23-17-11-29(20(30)7-13-1-3-15(33-24)4-2-13)6-5-19(17)32-22-16(21(25)31)8-14(9-27-22)18-10-26-12-28-18/h1-4,8-10,12,17,19H,5-7,11H2,(H2,25,31)(H,26,28)/t17?,19-/m0/s1. The molecule has 0 spiro atoms. The van der Waals surface area contributed by atoms with E-state index < -0.39 is 18.2 Å². The van der Waals surface area contributed by atoms with Crippen LogP contribution in [0, 0.1) is 0 Å². The van der Waals surface area contributed by atoms with Crippen molar-refractivity contribution in [1.29, 1.82) is 0 Å². The molecule has 0 saturated carbocycles. The van der Waals surface area contributed by atoms with Crippen LogP contribution < -0.4 is 15.4 Å². The molecule has 1 aliphatic rings. The summed E-state index contributed by atoms with van der Waals surface area (Å²) in [6, 6.07) is 7.45. The van der Waals surface area contributed by atoms with Crippen LogP contribution in [-0.2, 0) is 11.2 Å². The number of nitrogens with zero attached hydrogens (tertiary/aromatic N) is 3. The maximum absolute atomic E-state index is 14.9. The quantitative estimate of drug-likeness (QED) is 0.562. The summed E-state index contributed by atoms with van der Waals surface area (Å²) in [5.74, 6) is -1.04. The van der Waals surface area contributed by atoms with Crippen molar-refractivity contribution >= 4 is 11.8 Å². The van der Waals surface area contributed by atoms with Gasteiger partial charge in [-0.2, -0.15) is 0 Å². The summed E-state index contributed by atoms with van der Waals surface area (Å²) in [5.41, 5.74) is 7.36. The molecule has 0 aliphatic carbocycles. The normalized spacial score (nSPS) is 18.1. The van der Waals surface area contributed by atoms with Crippen molar-refractivity contribution in [2.45, 2.75) is 25.1 Å². The smallest absolute Gasteiger partial charge is 0.254 e. The van der Waals surface area contributed by atoms with E-state index in [-0.39, 0.29) is 49.0 Å². The van der Waals surface area contributed by atoms with Crippen LogP contribution in [0.2, 0.25) is 0 Å². The average Bonchev–Trinajstić information content (AvgIpc) is 3.36. The molecule has 3 heterocycles. The second kappa shape index (κ2) is 9.63. The Morgan fingerprint density at radius 3 is 2.67 bits per heavy atom. The molecule has 2 atom stereocenters. The van der Waals surface area contributed by atoms with Gasteiger partial charge in [0.1, 0.15) is 11.7 Å². The number of rotatable bonds is 7. The van der Waals surface area contributed by atoms with Crippen molar-refractivity contribution in [2.24, 2.45) is 5.73 Å². The lowest BCUT2D eigenvalue weighted by Crippen LogP contribution is -2.49. The fourth-order valence-corrected chi connectivity index (χ4v) is 3.61. The second-order valence-corrected chi connectivity index (χ2v) is 7.60. The zero-order chi connectivity index (χ0) is 23.4. The fourth-order valence-electron chi connectivity index (χ4n) is 3.61. The molecule has 2 amide bonds. The molecule has 1 unspecified atom stereocenters. The number of primary amides is 1.